The van der Waals surface area contributed by atoms with Crippen LogP contribution in [0.5, 0.6) is 5.75 Å². The van der Waals surface area contributed by atoms with Crippen molar-refractivity contribution in [2.45, 2.75) is 44.9 Å². The minimum Gasteiger partial charge on any atom is -0.487 e. The highest BCUT2D eigenvalue weighted by molar-refractivity contribution is 6.34. The van der Waals surface area contributed by atoms with Crippen molar-refractivity contribution in [3.63, 3.8) is 0 Å². The fraction of sp³-hybridized carbons (Fsp3) is 0.294. The third kappa shape index (κ3) is 7.61. The number of urea groups is 1. The van der Waals surface area contributed by atoms with Crippen LogP contribution in [0.3, 0.4) is 0 Å². The molecule has 4 N–H and O–H groups in total. The fourth-order valence-electron chi connectivity index (χ4n) is 5.61. The van der Waals surface area contributed by atoms with E-state index in [1.807, 2.05) is 20.8 Å². The molecule has 2 aliphatic heterocycles. The summed E-state index contributed by atoms with van der Waals surface area (Å²) in [6.45, 7) is 5.70. The fourth-order valence-corrected chi connectivity index (χ4v) is 6.16. The van der Waals surface area contributed by atoms with Gasteiger partial charge in [-0.15, -0.1) is 0 Å². The molecule has 1 fully saturated rings. The Morgan fingerprint density at radius 3 is 2.21 bits per heavy atom. The van der Waals surface area contributed by atoms with E-state index < -0.39 is 47.8 Å². The maximum atomic E-state index is 14.6. The number of piperazine rings is 1. The molecule has 0 bridgehead atoms. The first-order chi connectivity index (χ1) is 22.6. The quantitative estimate of drug-likeness (QED) is 0.219. The van der Waals surface area contributed by atoms with Crippen molar-refractivity contribution in [1.82, 2.24) is 15.1 Å². The molecule has 2 heterocycles. The van der Waals surface area contributed by atoms with Crippen molar-refractivity contribution in [3.8, 4) is 5.75 Å². The number of amidine groups is 1. The number of ether oxygens (including phenoxy) is 1. The highest BCUT2D eigenvalue weighted by Crippen LogP contribution is 2.46. The molecule has 0 unspecified atom stereocenters. The lowest BCUT2D eigenvalue weighted by molar-refractivity contribution is -0.123. The second-order valence-electron chi connectivity index (χ2n) is 12.4. The number of amides is 4. The van der Waals surface area contributed by atoms with Gasteiger partial charge in [-0.2, -0.15) is 0 Å². The van der Waals surface area contributed by atoms with E-state index in [9.17, 15) is 29.1 Å². The first-order valence-electron chi connectivity index (χ1n) is 15.0. The number of aromatic carboxylic acids is 1. The Balaban J connectivity index is 1.75. The van der Waals surface area contributed by atoms with E-state index in [-0.39, 0.29) is 48.3 Å². The van der Waals surface area contributed by atoms with Gasteiger partial charge in [0.2, 0.25) is 11.8 Å². The van der Waals surface area contributed by atoms with Crippen LogP contribution in [-0.4, -0.2) is 75.6 Å². The summed E-state index contributed by atoms with van der Waals surface area (Å²) >= 11 is 12.9. The summed E-state index contributed by atoms with van der Waals surface area (Å²) in [5.41, 5.74) is 6.19. The van der Waals surface area contributed by atoms with E-state index in [1.54, 1.807) is 36.4 Å². The monoisotopic (exact) mass is 693 g/mol. The van der Waals surface area contributed by atoms with Gasteiger partial charge in [-0.1, -0.05) is 41.4 Å². The maximum absolute atomic E-state index is 14.6. The minimum atomic E-state index is -1.11. The van der Waals surface area contributed by atoms with Gasteiger partial charge < -0.3 is 25.8 Å². The molecule has 4 amide bonds. The number of hydrogen-bond donors (Lipinski definition) is 3. The van der Waals surface area contributed by atoms with Crippen LogP contribution in [0.4, 0.5) is 4.79 Å². The van der Waals surface area contributed by atoms with Crippen molar-refractivity contribution in [2.75, 3.05) is 19.6 Å². The number of carbonyl (C=O) groups is 5. The molecule has 3 aromatic rings. The summed E-state index contributed by atoms with van der Waals surface area (Å²) in [5.74, 6) is -2.38. The number of carboxylic acid groups (broad SMARTS) is 1. The number of primary amides is 1. The number of halogens is 2. The molecule has 2 atom stereocenters. The van der Waals surface area contributed by atoms with Crippen molar-refractivity contribution >= 4 is 58.6 Å². The molecule has 1 saturated heterocycles. The van der Waals surface area contributed by atoms with E-state index in [2.05, 4.69) is 5.32 Å². The lowest BCUT2D eigenvalue weighted by Crippen LogP contribution is -2.55. The van der Waals surface area contributed by atoms with Crippen LogP contribution in [-0.2, 0) is 9.59 Å². The van der Waals surface area contributed by atoms with Gasteiger partial charge in [0, 0.05) is 28.7 Å². The van der Waals surface area contributed by atoms with Crippen LogP contribution in [0, 0.1) is 0 Å². The second kappa shape index (κ2) is 13.7. The largest absolute Gasteiger partial charge is 0.487 e. The van der Waals surface area contributed by atoms with E-state index in [0.29, 0.717) is 26.7 Å². The number of benzene rings is 3. The molecule has 0 saturated carbocycles. The Bertz CT molecular complexity index is 1820. The number of Topliss-reactive ketones (excluding diaryl/α,β-unsaturated/α-hetero) is 1. The zero-order valence-corrected chi connectivity index (χ0v) is 27.8. The van der Waals surface area contributed by atoms with Gasteiger partial charge in [-0.25, -0.2) is 9.59 Å². The van der Waals surface area contributed by atoms with Crippen molar-refractivity contribution in [1.29, 1.82) is 0 Å². The number of nitrogens with one attached hydrogen (secondary N) is 1. The third-order valence-electron chi connectivity index (χ3n) is 7.60. The zero-order valence-electron chi connectivity index (χ0n) is 26.3. The summed E-state index contributed by atoms with van der Waals surface area (Å²) in [4.78, 5) is 71.0. The van der Waals surface area contributed by atoms with Crippen LogP contribution >= 0.6 is 23.2 Å². The first kappa shape index (κ1) is 34.4. The maximum Gasteiger partial charge on any atom is 0.335 e. The van der Waals surface area contributed by atoms with Crippen LogP contribution < -0.4 is 15.8 Å². The van der Waals surface area contributed by atoms with E-state index in [0.717, 1.165) is 0 Å². The average Bonchev–Trinajstić information content (AvgIpc) is 3.39. The molecule has 14 heteroatoms. The summed E-state index contributed by atoms with van der Waals surface area (Å²) in [6, 6.07) is 13.3. The number of carbonyl (C=O) groups excluding carboxylic acids is 4. The van der Waals surface area contributed by atoms with Crippen LogP contribution in [0.2, 0.25) is 10.0 Å². The molecule has 0 aliphatic carbocycles. The van der Waals surface area contributed by atoms with Crippen LogP contribution in [0.15, 0.2) is 65.7 Å². The first-order valence-corrected chi connectivity index (χ1v) is 15.7. The number of carboxylic acids is 1. The molecular weight excluding hydrogens is 661 g/mol. The van der Waals surface area contributed by atoms with Crippen molar-refractivity contribution in [2.24, 2.45) is 10.7 Å². The minimum absolute atomic E-state index is 0.0626. The SMILES string of the molecule is CC(C)(C)Oc1cc(C(=O)CC(N)=O)ccc1C1=N[C@@H](c2ccc(C(=O)O)cc2)[C@@H](c2cc(Cl)cc(Cl)c2)N1C(=O)N1CCNC(=O)C1. The molecule has 12 nitrogen and oxygen atoms in total. The lowest BCUT2D eigenvalue weighted by atomic mass is 9.93. The van der Waals surface area contributed by atoms with Gasteiger partial charge in [-0.05, 0) is 74.4 Å². The molecule has 0 spiro atoms. The summed E-state index contributed by atoms with van der Waals surface area (Å²) < 4.78 is 6.32. The number of nitrogens with two attached hydrogens (primary N) is 1. The normalized spacial score (nSPS) is 17.9. The Hall–Kier alpha value is -4.94. The number of ketones is 1. The van der Waals surface area contributed by atoms with E-state index in [1.165, 1.54) is 34.1 Å². The highest BCUT2D eigenvalue weighted by atomic mass is 35.5. The van der Waals surface area contributed by atoms with Gasteiger partial charge >= 0.3 is 12.0 Å². The van der Waals surface area contributed by atoms with Crippen molar-refractivity contribution in [3.05, 3.63) is 98.5 Å². The van der Waals surface area contributed by atoms with Gasteiger partial charge in [-0.3, -0.25) is 24.3 Å². The summed E-state index contributed by atoms with van der Waals surface area (Å²) in [7, 11) is 0. The second-order valence-corrected chi connectivity index (χ2v) is 13.3. The molecule has 2 aliphatic rings. The number of hydrogen-bond acceptors (Lipinski definition) is 7. The molecule has 0 aromatic heterocycles. The average molecular weight is 695 g/mol. The van der Waals surface area contributed by atoms with Crippen LogP contribution in [0.25, 0.3) is 0 Å². The standard InChI is InChI=1S/C34H33Cl2N5O7/c1-34(2,3)48-26-14-20(25(42)16-27(37)43)8-9-24(26)31-39-29(18-4-6-19(7-5-18)32(45)46)30(21-12-22(35)15-23(36)13-21)41(31)33(47)40-11-10-38-28(44)17-40/h4-9,12-15,29-30H,10-11,16-17H2,1-3H3,(H2,37,43)(H,38,44)(H,45,46)/t29-,30+/m0/s1. The Morgan fingerprint density at radius 1 is 0.979 bits per heavy atom. The predicted octanol–water partition coefficient (Wildman–Crippen LogP) is 5.02. The zero-order chi connectivity index (χ0) is 34.9. The van der Waals surface area contributed by atoms with Gasteiger partial charge in [0.25, 0.3) is 0 Å². The van der Waals surface area contributed by atoms with Crippen molar-refractivity contribution < 1.29 is 33.8 Å². The van der Waals surface area contributed by atoms with E-state index >= 15 is 0 Å². The Morgan fingerprint density at radius 2 is 1.62 bits per heavy atom. The predicted molar refractivity (Wildman–Crippen MR) is 179 cm³/mol. The summed E-state index contributed by atoms with van der Waals surface area (Å²) in [5, 5.41) is 12.9. The molecule has 48 heavy (non-hydrogen) atoms. The van der Waals surface area contributed by atoms with Crippen LogP contribution in [0.1, 0.15) is 76.7 Å². The summed E-state index contributed by atoms with van der Waals surface area (Å²) in [6.07, 6.45) is -0.511. The molecule has 0 radical (unpaired) electrons. The topological polar surface area (TPSA) is 172 Å². The van der Waals surface area contributed by atoms with E-state index in [4.69, 9.17) is 38.7 Å². The molecule has 5 rings (SSSR count). The number of aliphatic imine (C=N–C) groups is 1. The number of rotatable bonds is 8. The van der Waals surface area contributed by atoms with Gasteiger partial charge in [0.15, 0.2) is 5.78 Å². The molecular formula is C34H33Cl2N5O7. The third-order valence-corrected chi connectivity index (χ3v) is 8.04. The molecule has 3 aromatic carbocycles. The van der Waals surface area contributed by atoms with Gasteiger partial charge in [0.05, 0.1) is 23.6 Å². The number of nitrogens with zero attached hydrogens (tertiary/aromatic N) is 3. The molecule has 250 valence electrons. The highest BCUT2D eigenvalue weighted by Gasteiger charge is 2.45. The Labute approximate surface area is 286 Å². The Kier molecular flexibility index (Phi) is 9.79. The lowest BCUT2D eigenvalue weighted by Gasteiger charge is -2.36. The smallest absolute Gasteiger partial charge is 0.335 e. The van der Waals surface area contributed by atoms with Gasteiger partial charge in [0.1, 0.15) is 29.8 Å².